The lowest BCUT2D eigenvalue weighted by Gasteiger charge is -2.18. The Morgan fingerprint density at radius 1 is 0.974 bits per heavy atom. The van der Waals surface area contributed by atoms with Crippen molar-refractivity contribution in [3.8, 4) is 11.1 Å². The third-order valence-corrected chi connectivity index (χ3v) is 7.83. The fourth-order valence-electron chi connectivity index (χ4n) is 4.55. The lowest BCUT2D eigenvalue weighted by molar-refractivity contribution is 0.102. The smallest absolute Gasteiger partial charge is 0.220 e. The van der Waals surface area contributed by atoms with E-state index in [1.807, 2.05) is 0 Å². The highest BCUT2D eigenvalue weighted by Gasteiger charge is 2.33. The number of ketones is 1. The molecule has 0 amide bonds. The van der Waals surface area contributed by atoms with Gasteiger partial charge in [0.1, 0.15) is 28.4 Å². The van der Waals surface area contributed by atoms with E-state index in [9.17, 15) is 17.6 Å². The molecule has 1 fully saturated rings. The summed E-state index contributed by atoms with van der Waals surface area (Å²) in [5.41, 5.74) is -0.0632. The maximum Gasteiger partial charge on any atom is 0.220 e. The van der Waals surface area contributed by atoms with Gasteiger partial charge >= 0.3 is 0 Å². The number of benzene rings is 2. The summed E-state index contributed by atoms with van der Waals surface area (Å²) in [6.45, 7) is 0. The molecule has 1 aliphatic rings. The lowest BCUT2D eigenvalue weighted by atomic mass is 9.97. The number of pyridine rings is 1. The third kappa shape index (κ3) is 4.57. The molecule has 0 radical (unpaired) electrons. The van der Waals surface area contributed by atoms with Crippen LogP contribution in [0, 0.1) is 11.6 Å². The number of hydrogen-bond donors (Lipinski definition) is 2. The summed E-state index contributed by atoms with van der Waals surface area (Å²) in [5.74, 6) is -2.41. The highest BCUT2D eigenvalue weighted by molar-refractivity contribution is 7.89. The number of aromatic amines is 1. The standard InChI is InChI=1S/C27H20F2N6O3S/c28-20-9-8-18(25(39(30,37)38)14-4-2-1-3-5-14)22(29)21(20)24(36)23-19-10-16(11-33-27(19)35-34-23)17-12-31-26(32-13-17)15-6-7-15/h1-5,8-13,15,25H,6-7H2,(H2,30,37,38)(H,33,34,35). The van der Waals surface area contributed by atoms with E-state index in [0.717, 1.165) is 30.8 Å². The molecule has 196 valence electrons. The molecule has 2 aromatic carbocycles. The molecule has 0 bridgehead atoms. The highest BCUT2D eigenvalue weighted by atomic mass is 32.2. The molecule has 12 heteroatoms. The van der Waals surface area contributed by atoms with Crippen molar-refractivity contribution in [3.05, 3.63) is 107 Å². The molecular formula is C27H20F2N6O3S. The van der Waals surface area contributed by atoms with Gasteiger partial charge in [0.25, 0.3) is 0 Å². The van der Waals surface area contributed by atoms with Gasteiger partial charge in [-0.05, 0) is 30.5 Å². The maximum atomic E-state index is 15.8. The first-order valence-electron chi connectivity index (χ1n) is 12.0. The number of aromatic nitrogens is 5. The van der Waals surface area contributed by atoms with Crippen molar-refractivity contribution in [3.63, 3.8) is 0 Å². The molecule has 39 heavy (non-hydrogen) atoms. The Hall–Kier alpha value is -4.42. The molecule has 0 spiro atoms. The largest absolute Gasteiger partial charge is 0.287 e. The van der Waals surface area contributed by atoms with Crippen LogP contribution in [0.5, 0.6) is 0 Å². The van der Waals surface area contributed by atoms with Crippen molar-refractivity contribution in [1.29, 1.82) is 0 Å². The quantitative estimate of drug-likeness (QED) is 0.291. The Morgan fingerprint density at radius 2 is 1.67 bits per heavy atom. The number of nitrogens with zero attached hydrogens (tertiary/aromatic N) is 4. The van der Waals surface area contributed by atoms with Crippen LogP contribution in [-0.2, 0) is 10.0 Å². The van der Waals surface area contributed by atoms with Crippen LogP contribution in [-0.4, -0.2) is 39.4 Å². The van der Waals surface area contributed by atoms with Crippen LogP contribution in [0.2, 0.25) is 0 Å². The lowest BCUT2D eigenvalue weighted by Crippen LogP contribution is -2.24. The average molecular weight is 547 g/mol. The second-order valence-electron chi connectivity index (χ2n) is 9.33. The summed E-state index contributed by atoms with van der Waals surface area (Å²) >= 11 is 0. The van der Waals surface area contributed by atoms with E-state index in [4.69, 9.17) is 5.14 Å². The van der Waals surface area contributed by atoms with Crippen molar-refractivity contribution >= 4 is 26.8 Å². The topological polar surface area (TPSA) is 145 Å². The van der Waals surface area contributed by atoms with Gasteiger partial charge in [-0.15, -0.1) is 0 Å². The zero-order valence-corrected chi connectivity index (χ0v) is 21.0. The van der Waals surface area contributed by atoms with Gasteiger partial charge in [0.15, 0.2) is 5.65 Å². The predicted octanol–water partition coefficient (Wildman–Crippen LogP) is 4.18. The number of primary sulfonamides is 1. The fourth-order valence-corrected chi connectivity index (χ4v) is 5.62. The zero-order valence-electron chi connectivity index (χ0n) is 20.2. The van der Waals surface area contributed by atoms with Crippen LogP contribution in [0.15, 0.2) is 67.1 Å². The summed E-state index contributed by atoms with van der Waals surface area (Å²) in [7, 11) is -4.39. The van der Waals surface area contributed by atoms with Crippen LogP contribution >= 0.6 is 0 Å². The number of hydrogen-bond acceptors (Lipinski definition) is 7. The molecule has 0 saturated heterocycles. The maximum absolute atomic E-state index is 15.8. The molecule has 3 N–H and O–H groups in total. The molecule has 5 aromatic rings. The number of H-pyrrole nitrogens is 1. The van der Waals surface area contributed by atoms with Gasteiger partial charge in [-0.2, -0.15) is 5.10 Å². The number of fused-ring (bicyclic) bond motifs is 1. The molecule has 1 unspecified atom stereocenters. The van der Waals surface area contributed by atoms with Crippen LogP contribution in [0.25, 0.3) is 22.2 Å². The van der Waals surface area contributed by atoms with Gasteiger partial charge < -0.3 is 0 Å². The zero-order chi connectivity index (χ0) is 27.3. The minimum Gasteiger partial charge on any atom is -0.287 e. The molecule has 3 heterocycles. The van der Waals surface area contributed by atoms with Crippen molar-refractivity contribution < 1.29 is 22.0 Å². The normalized spacial score (nSPS) is 14.4. The summed E-state index contributed by atoms with van der Waals surface area (Å²) in [6, 6.07) is 11.1. The van der Waals surface area contributed by atoms with Gasteiger partial charge in [-0.3, -0.25) is 9.89 Å². The van der Waals surface area contributed by atoms with Gasteiger partial charge in [-0.25, -0.2) is 37.3 Å². The Labute approximate surface area is 221 Å². The van der Waals surface area contributed by atoms with E-state index in [1.54, 1.807) is 36.7 Å². The number of carbonyl (C=O) groups excluding carboxylic acids is 1. The van der Waals surface area contributed by atoms with Crippen LogP contribution in [0.1, 0.15) is 57.0 Å². The van der Waals surface area contributed by atoms with E-state index in [-0.39, 0.29) is 22.3 Å². The van der Waals surface area contributed by atoms with Crippen LogP contribution in [0.4, 0.5) is 8.78 Å². The minimum atomic E-state index is -4.39. The number of sulfonamides is 1. The van der Waals surface area contributed by atoms with E-state index in [1.165, 1.54) is 18.3 Å². The number of carbonyl (C=O) groups is 1. The fraction of sp³-hybridized carbons (Fsp3) is 0.148. The Balaban J connectivity index is 1.43. The SMILES string of the molecule is NS(=O)(=O)C(c1ccccc1)c1ccc(F)c(C(=O)c2[nH]nc3ncc(-c4cnc(C5CC5)nc4)cc23)c1F. The first-order chi connectivity index (χ1) is 18.7. The van der Waals surface area contributed by atoms with Crippen molar-refractivity contribution in [2.45, 2.75) is 24.0 Å². The molecule has 3 aromatic heterocycles. The number of nitrogens with one attached hydrogen (secondary N) is 1. The van der Waals surface area contributed by atoms with Gasteiger partial charge in [0, 0.05) is 41.2 Å². The van der Waals surface area contributed by atoms with E-state index >= 15 is 4.39 Å². The third-order valence-electron chi connectivity index (χ3n) is 6.65. The number of halogens is 2. The van der Waals surface area contributed by atoms with E-state index < -0.39 is 43.8 Å². The Kier molecular flexibility index (Phi) is 6.00. The van der Waals surface area contributed by atoms with Crippen LogP contribution < -0.4 is 5.14 Å². The summed E-state index contributed by atoms with van der Waals surface area (Å²) < 4.78 is 55.8. The summed E-state index contributed by atoms with van der Waals surface area (Å²) in [5, 5.41) is 10.5. The molecule has 0 aliphatic heterocycles. The Bertz CT molecular complexity index is 1840. The first-order valence-corrected chi connectivity index (χ1v) is 13.6. The van der Waals surface area contributed by atoms with Crippen molar-refractivity contribution in [2.75, 3.05) is 0 Å². The first kappa shape index (κ1) is 24.9. The molecule has 1 atom stereocenters. The van der Waals surface area contributed by atoms with E-state index in [2.05, 4.69) is 25.1 Å². The predicted molar refractivity (Wildman–Crippen MR) is 138 cm³/mol. The number of rotatable bonds is 7. The highest BCUT2D eigenvalue weighted by Crippen LogP contribution is 2.38. The average Bonchev–Trinajstić information content (AvgIpc) is 3.69. The van der Waals surface area contributed by atoms with Gasteiger partial charge in [-0.1, -0.05) is 36.4 Å². The summed E-state index contributed by atoms with van der Waals surface area (Å²) in [4.78, 5) is 26.6. The molecule has 9 nitrogen and oxygen atoms in total. The molecular weight excluding hydrogens is 526 g/mol. The molecule has 1 saturated carbocycles. The molecule has 6 rings (SSSR count). The van der Waals surface area contributed by atoms with Crippen molar-refractivity contribution in [2.24, 2.45) is 5.14 Å². The monoisotopic (exact) mass is 546 g/mol. The van der Waals surface area contributed by atoms with Crippen molar-refractivity contribution in [1.82, 2.24) is 25.1 Å². The second-order valence-corrected chi connectivity index (χ2v) is 11.0. The summed E-state index contributed by atoms with van der Waals surface area (Å²) in [6.07, 6.45) is 6.97. The van der Waals surface area contributed by atoms with Crippen LogP contribution in [0.3, 0.4) is 0 Å². The number of nitrogens with two attached hydrogens (primary N) is 1. The second kappa shape index (κ2) is 9.40. The molecule has 1 aliphatic carbocycles. The van der Waals surface area contributed by atoms with Gasteiger partial charge in [0.2, 0.25) is 15.8 Å². The van der Waals surface area contributed by atoms with Gasteiger partial charge in [0.05, 0.1) is 10.9 Å². The minimum absolute atomic E-state index is 0.154. The van der Waals surface area contributed by atoms with E-state index in [0.29, 0.717) is 17.0 Å². The Morgan fingerprint density at radius 3 is 2.33 bits per heavy atom.